The van der Waals surface area contributed by atoms with Gasteiger partial charge in [-0.25, -0.2) is 0 Å². The van der Waals surface area contributed by atoms with E-state index in [4.69, 9.17) is 8.83 Å². The Morgan fingerprint density at radius 2 is 1.75 bits per heavy atom. The fraction of sp³-hybridized carbons (Fsp3) is 0.333. The summed E-state index contributed by atoms with van der Waals surface area (Å²) in [6, 6.07) is 3.68. The average Bonchev–Trinajstić information content (AvgIpc) is 3.14. The standard InChI is InChI=1S/C15H16N2O3/c18-13-11-2-8-19-14(11)12(10-1-7-20-15(10)13)9-17-5-3-16-4-6-17/h1-2,7-8,16,18H,3-6,9H2. The number of nitrogens with zero attached hydrogens (tertiary/aromatic N) is 1. The minimum absolute atomic E-state index is 0.165. The van der Waals surface area contributed by atoms with E-state index in [1.807, 2.05) is 6.07 Å². The lowest BCUT2D eigenvalue weighted by Crippen LogP contribution is -2.42. The van der Waals surface area contributed by atoms with Crippen LogP contribution in [0.15, 0.2) is 33.5 Å². The number of hydrogen-bond donors (Lipinski definition) is 2. The van der Waals surface area contributed by atoms with Crippen LogP contribution in [0.4, 0.5) is 0 Å². The van der Waals surface area contributed by atoms with Gasteiger partial charge in [-0.3, -0.25) is 4.90 Å². The summed E-state index contributed by atoms with van der Waals surface area (Å²) in [7, 11) is 0. The lowest BCUT2D eigenvalue weighted by Gasteiger charge is -2.27. The Balaban J connectivity index is 1.88. The normalized spacial score (nSPS) is 17.2. The number of fused-ring (bicyclic) bond motifs is 2. The molecule has 0 saturated carbocycles. The highest BCUT2D eigenvalue weighted by molar-refractivity contribution is 6.03. The molecule has 5 nitrogen and oxygen atoms in total. The Morgan fingerprint density at radius 1 is 1.05 bits per heavy atom. The van der Waals surface area contributed by atoms with Gasteiger partial charge in [0.1, 0.15) is 5.58 Å². The minimum Gasteiger partial charge on any atom is -0.504 e. The maximum Gasteiger partial charge on any atom is 0.176 e. The molecule has 20 heavy (non-hydrogen) atoms. The molecule has 5 heteroatoms. The lowest BCUT2D eigenvalue weighted by molar-refractivity contribution is 0.234. The van der Waals surface area contributed by atoms with Crippen LogP contribution in [0.1, 0.15) is 5.56 Å². The zero-order valence-corrected chi connectivity index (χ0v) is 11.1. The number of aromatic hydroxyl groups is 1. The first-order valence-electron chi connectivity index (χ1n) is 6.86. The monoisotopic (exact) mass is 272 g/mol. The van der Waals surface area contributed by atoms with Crippen molar-refractivity contribution in [3.63, 3.8) is 0 Å². The molecule has 0 aliphatic carbocycles. The van der Waals surface area contributed by atoms with E-state index in [0.717, 1.165) is 54.6 Å². The molecule has 1 saturated heterocycles. The lowest BCUT2D eigenvalue weighted by atomic mass is 10.1. The molecule has 3 aromatic rings. The highest BCUT2D eigenvalue weighted by Crippen LogP contribution is 2.39. The van der Waals surface area contributed by atoms with Crippen molar-refractivity contribution in [2.75, 3.05) is 26.2 Å². The van der Waals surface area contributed by atoms with E-state index in [1.165, 1.54) is 0 Å². The molecular formula is C15H16N2O3. The molecule has 4 rings (SSSR count). The number of hydrogen-bond acceptors (Lipinski definition) is 5. The van der Waals surface area contributed by atoms with Crippen molar-refractivity contribution in [1.29, 1.82) is 0 Å². The molecule has 1 aliphatic rings. The number of nitrogens with one attached hydrogen (secondary N) is 1. The first-order valence-corrected chi connectivity index (χ1v) is 6.86. The van der Waals surface area contributed by atoms with Crippen LogP contribution in [0, 0.1) is 0 Å². The van der Waals surface area contributed by atoms with Gasteiger partial charge in [-0.15, -0.1) is 0 Å². The van der Waals surface area contributed by atoms with Gasteiger partial charge in [0.2, 0.25) is 0 Å². The number of furan rings is 2. The second-order valence-corrected chi connectivity index (χ2v) is 5.18. The van der Waals surface area contributed by atoms with Crippen molar-refractivity contribution in [3.8, 4) is 5.75 Å². The van der Waals surface area contributed by atoms with E-state index in [0.29, 0.717) is 5.58 Å². The average molecular weight is 272 g/mol. The first-order chi connectivity index (χ1) is 9.84. The number of piperazine rings is 1. The van der Waals surface area contributed by atoms with Crippen LogP contribution in [0.5, 0.6) is 5.75 Å². The zero-order valence-electron chi connectivity index (χ0n) is 11.1. The quantitative estimate of drug-likeness (QED) is 0.749. The van der Waals surface area contributed by atoms with Crippen molar-refractivity contribution in [2.24, 2.45) is 0 Å². The Kier molecular flexibility index (Phi) is 2.68. The van der Waals surface area contributed by atoms with Crippen LogP contribution in [-0.4, -0.2) is 36.2 Å². The summed E-state index contributed by atoms with van der Waals surface area (Å²) in [5.74, 6) is 0.165. The molecule has 2 aromatic heterocycles. The Bertz CT molecular complexity index is 701. The maximum atomic E-state index is 10.2. The molecule has 2 N–H and O–H groups in total. The molecular weight excluding hydrogens is 256 g/mol. The molecule has 1 aliphatic heterocycles. The molecule has 0 amide bonds. The van der Waals surface area contributed by atoms with Gasteiger partial charge < -0.3 is 19.3 Å². The third kappa shape index (κ3) is 1.71. The van der Waals surface area contributed by atoms with E-state index in [1.54, 1.807) is 18.6 Å². The fourth-order valence-corrected chi connectivity index (χ4v) is 2.95. The van der Waals surface area contributed by atoms with Crippen LogP contribution >= 0.6 is 0 Å². The van der Waals surface area contributed by atoms with Gasteiger partial charge in [0, 0.05) is 43.7 Å². The van der Waals surface area contributed by atoms with Crippen molar-refractivity contribution >= 4 is 21.9 Å². The third-order valence-corrected chi connectivity index (χ3v) is 3.99. The smallest absolute Gasteiger partial charge is 0.176 e. The molecule has 0 bridgehead atoms. The molecule has 104 valence electrons. The van der Waals surface area contributed by atoms with Crippen molar-refractivity contribution in [3.05, 3.63) is 30.2 Å². The number of phenolic OH excluding ortho intramolecular Hbond substituents is 1. The zero-order chi connectivity index (χ0) is 13.5. The van der Waals surface area contributed by atoms with E-state index < -0.39 is 0 Å². The number of benzene rings is 1. The Hall–Kier alpha value is -1.98. The van der Waals surface area contributed by atoms with Gasteiger partial charge in [0.15, 0.2) is 11.3 Å². The van der Waals surface area contributed by atoms with Gasteiger partial charge in [-0.1, -0.05) is 0 Å². The molecule has 0 atom stereocenters. The summed E-state index contributed by atoms with van der Waals surface area (Å²) in [5, 5.41) is 15.2. The minimum atomic E-state index is 0.165. The van der Waals surface area contributed by atoms with Gasteiger partial charge in [0.05, 0.1) is 17.9 Å². The molecule has 1 aromatic carbocycles. The van der Waals surface area contributed by atoms with Gasteiger partial charge in [-0.2, -0.15) is 0 Å². The van der Waals surface area contributed by atoms with E-state index in [-0.39, 0.29) is 5.75 Å². The highest BCUT2D eigenvalue weighted by Gasteiger charge is 2.20. The number of phenols is 1. The second kappa shape index (κ2) is 4.54. The van der Waals surface area contributed by atoms with Crippen molar-refractivity contribution in [1.82, 2.24) is 10.2 Å². The van der Waals surface area contributed by atoms with E-state index in [2.05, 4.69) is 10.2 Å². The molecule has 1 fully saturated rings. The van der Waals surface area contributed by atoms with Crippen LogP contribution in [-0.2, 0) is 6.54 Å². The van der Waals surface area contributed by atoms with Crippen LogP contribution in [0.25, 0.3) is 21.9 Å². The van der Waals surface area contributed by atoms with Gasteiger partial charge in [-0.05, 0) is 12.1 Å². The summed E-state index contributed by atoms with van der Waals surface area (Å²) in [6.45, 7) is 4.86. The molecule has 3 heterocycles. The summed E-state index contributed by atoms with van der Waals surface area (Å²) in [5.41, 5.74) is 2.40. The SMILES string of the molecule is Oc1c2ccoc2c(CN2CCNCC2)c2ccoc12. The summed E-state index contributed by atoms with van der Waals surface area (Å²) in [4.78, 5) is 2.39. The van der Waals surface area contributed by atoms with Gasteiger partial charge in [0.25, 0.3) is 0 Å². The van der Waals surface area contributed by atoms with Gasteiger partial charge >= 0.3 is 0 Å². The predicted molar refractivity (Wildman–Crippen MR) is 75.8 cm³/mol. The molecule has 0 radical (unpaired) electrons. The Labute approximate surface area is 115 Å². The summed E-state index contributed by atoms with van der Waals surface area (Å²) >= 11 is 0. The largest absolute Gasteiger partial charge is 0.504 e. The van der Waals surface area contributed by atoms with Crippen LogP contribution < -0.4 is 5.32 Å². The summed E-state index contributed by atoms with van der Waals surface area (Å²) in [6.07, 6.45) is 3.23. The molecule has 0 spiro atoms. The highest BCUT2D eigenvalue weighted by atomic mass is 16.4. The van der Waals surface area contributed by atoms with Crippen LogP contribution in [0.2, 0.25) is 0 Å². The molecule has 0 unspecified atom stereocenters. The topological polar surface area (TPSA) is 61.8 Å². The van der Waals surface area contributed by atoms with Crippen LogP contribution in [0.3, 0.4) is 0 Å². The predicted octanol–water partition coefficient (Wildman–Crippen LogP) is 2.29. The summed E-state index contributed by atoms with van der Waals surface area (Å²) < 4.78 is 11.0. The third-order valence-electron chi connectivity index (χ3n) is 3.99. The van der Waals surface area contributed by atoms with Crippen molar-refractivity contribution in [2.45, 2.75) is 6.54 Å². The van der Waals surface area contributed by atoms with Crippen molar-refractivity contribution < 1.29 is 13.9 Å². The Morgan fingerprint density at radius 3 is 2.55 bits per heavy atom. The maximum absolute atomic E-state index is 10.2. The van der Waals surface area contributed by atoms with E-state index >= 15 is 0 Å². The first kappa shape index (κ1) is 11.8. The van der Waals surface area contributed by atoms with E-state index in [9.17, 15) is 5.11 Å². The number of rotatable bonds is 2. The fourth-order valence-electron chi connectivity index (χ4n) is 2.95. The second-order valence-electron chi connectivity index (χ2n) is 5.18.